The predicted octanol–water partition coefficient (Wildman–Crippen LogP) is 1.95. The third kappa shape index (κ3) is 1.20. The van der Waals surface area contributed by atoms with Gasteiger partial charge in [-0.15, -0.1) is 0 Å². The fourth-order valence-corrected chi connectivity index (χ4v) is 1.69. The standard InChI is InChI=1S/C11H8N2O/c12-6-8-2-1-3-10-11(8)9(7-13)4-5-14-10/h1-3,9H,4-5H2. The first-order valence-corrected chi connectivity index (χ1v) is 4.42. The Kier molecular flexibility index (Phi) is 2.08. The fraction of sp³-hybridized carbons (Fsp3) is 0.273. The van der Waals surface area contributed by atoms with Gasteiger partial charge in [-0.25, -0.2) is 0 Å². The number of fused-ring (bicyclic) bond motifs is 1. The largest absolute Gasteiger partial charge is 0.493 e. The van der Waals surface area contributed by atoms with E-state index in [4.69, 9.17) is 15.3 Å². The van der Waals surface area contributed by atoms with Crippen LogP contribution in [-0.4, -0.2) is 6.61 Å². The Labute approximate surface area is 82.1 Å². The molecule has 0 saturated carbocycles. The van der Waals surface area contributed by atoms with E-state index in [1.54, 1.807) is 18.2 Å². The van der Waals surface area contributed by atoms with Gasteiger partial charge in [0.2, 0.25) is 0 Å². The van der Waals surface area contributed by atoms with Gasteiger partial charge in [-0.1, -0.05) is 6.07 Å². The molecule has 3 heteroatoms. The lowest BCUT2D eigenvalue weighted by Gasteiger charge is -2.21. The summed E-state index contributed by atoms with van der Waals surface area (Å²) in [5.41, 5.74) is 1.30. The Morgan fingerprint density at radius 3 is 2.93 bits per heavy atom. The van der Waals surface area contributed by atoms with Crippen LogP contribution in [0.1, 0.15) is 23.5 Å². The maximum atomic E-state index is 8.94. The average molecular weight is 184 g/mol. The van der Waals surface area contributed by atoms with Crippen molar-refractivity contribution in [2.45, 2.75) is 12.3 Å². The number of rotatable bonds is 0. The van der Waals surface area contributed by atoms with Gasteiger partial charge in [0.1, 0.15) is 5.75 Å². The number of nitriles is 2. The van der Waals surface area contributed by atoms with Crippen molar-refractivity contribution < 1.29 is 4.74 Å². The second-order valence-electron chi connectivity index (χ2n) is 3.15. The van der Waals surface area contributed by atoms with Crippen LogP contribution < -0.4 is 4.74 Å². The van der Waals surface area contributed by atoms with Crippen LogP contribution in [0.15, 0.2) is 18.2 Å². The summed E-state index contributed by atoms with van der Waals surface area (Å²) in [6.07, 6.45) is 0.669. The lowest BCUT2D eigenvalue weighted by atomic mass is 9.91. The monoisotopic (exact) mass is 184 g/mol. The van der Waals surface area contributed by atoms with Gasteiger partial charge < -0.3 is 4.74 Å². The summed E-state index contributed by atoms with van der Waals surface area (Å²) in [6, 6.07) is 9.59. The smallest absolute Gasteiger partial charge is 0.125 e. The summed E-state index contributed by atoms with van der Waals surface area (Å²) >= 11 is 0. The average Bonchev–Trinajstić information content (AvgIpc) is 2.27. The minimum absolute atomic E-state index is 0.199. The number of hydrogen-bond donors (Lipinski definition) is 0. The summed E-state index contributed by atoms with van der Waals surface area (Å²) in [7, 11) is 0. The highest BCUT2D eigenvalue weighted by Gasteiger charge is 2.23. The van der Waals surface area contributed by atoms with E-state index in [-0.39, 0.29) is 5.92 Å². The number of hydrogen-bond acceptors (Lipinski definition) is 3. The zero-order chi connectivity index (χ0) is 9.97. The molecular formula is C11H8N2O. The highest BCUT2D eigenvalue weighted by molar-refractivity contribution is 5.51. The minimum Gasteiger partial charge on any atom is -0.493 e. The quantitative estimate of drug-likeness (QED) is 0.619. The molecule has 0 N–H and O–H groups in total. The molecule has 0 radical (unpaired) electrons. The normalized spacial score (nSPS) is 18.6. The maximum Gasteiger partial charge on any atom is 0.125 e. The van der Waals surface area contributed by atoms with Crippen LogP contribution in [0.4, 0.5) is 0 Å². The van der Waals surface area contributed by atoms with Crippen LogP contribution >= 0.6 is 0 Å². The van der Waals surface area contributed by atoms with Gasteiger partial charge in [0.05, 0.1) is 30.2 Å². The molecule has 1 atom stereocenters. The maximum absolute atomic E-state index is 8.94. The van der Waals surface area contributed by atoms with E-state index >= 15 is 0 Å². The molecule has 14 heavy (non-hydrogen) atoms. The molecule has 0 amide bonds. The van der Waals surface area contributed by atoms with Crippen molar-refractivity contribution in [1.82, 2.24) is 0 Å². The lowest BCUT2D eigenvalue weighted by molar-refractivity contribution is 0.280. The molecule has 0 spiro atoms. The summed E-state index contributed by atoms with van der Waals surface area (Å²) in [5.74, 6) is 0.483. The highest BCUT2D eigenvalue weighted by atomic mass is 16.5. The third-order valence-corrected chi connectivity index (χ3v) is 2.35. The third-order valence-electron chi connectivity index (χ3n) is 2.35. The number of benzene rings is 1. The second-order valence-corrected chi connectivity index (χ2v) is 3.15. The first kappa shape index (κ1) is 8.59. The van der Waals surface area contributed by atoms with E-state index in [0.29, 0.717) is 24.3 Å². The predicted molar refractivity (Wildman–Crippen MR) is 49.6 cm³/mol. The minimum atomic E-state index is -0.199. The highest BCUT2D eigenvalue weighted by Crippen LogP contribution is 2.35. The molecule has 1 unspecified atom stereocenters. The zero-order valence-electron chi connectivity index (χ0n) is 7.53. The Morgan fingerprint density at radius 2 is 2.21 bits per heavy atom. The van der Waals surface area contributed by atoms with Gasteiger partial charge in [0.25, 0.3) is 0 Å². The summed E-state index contributed by atoms with van der Waals surface area (Å²) in [5, 5.41) is 17.8. The van der Waals surface area contributed by atoms with E-state index in [1.807, 2.05) is 0 Å². The zero-order valence-corrected chi connectivity index (χ0v) is 7.53. The van der Waals surface area contributed by atoms with E-state index in [9.17, 15) is 0 Å². The Morgan fingerprint density at radius 1 is 1.36 bits per heavy atom. The Bertz CT molecular complexity index is 440. The van der Waals surface area contributed by atoms with Gasteiger partial charge >= 0.3 is 0 Å². The van der Waals surface area contributed by atoms with Gasteiger partial charge in [-0.3, -0.25) is 0 Å². The molecule has 1 heterocycles. The topological polar surface area (TPSA) is 56.8 Å². The fourth-order valence-electron chi connectivity index (χ4n) is 1.69. The van der Waals surface area contributed by atoms with Crippen LogP contribution in [0.2, 0.25) is 0 Å². The molecule has 0 bridgehead atoms. The van der Waals surface area contributed by atoms with Crippen LogP contribution in [0.5, 0.6) is 5.75 Å². The van der Waals surface area contributed by atoms with Crippen LogP contribution in [0, 0.1) is 22.7 Å². The molecular weight excluding hydrogens is 176 g/mol. The van der Waals surface area contributed by atoms with E-state index < -0.39 is 0 Å². The molecule has 1 aliphatic rings. The first-order chi connectivity index (χ1) is 6.86. The van der Waals surface area contributed by atoms with Gasteiger partial charge in [0.15, 0.2) is 0 Å². The van der Waals surface area contributed by atoms with E-state index in [0.717, 1.165) is 5.56 Å². The molecule has 1 aliphatic heterocycles. The van der Waals surface area contributed by atoms with Gasteiger partial charge in [-0.05, 0) is 12.1 Å². The van der Waals surface area contributed by atoms with Crippen molar-refractivity contribution in [1.29, 1.82) is 10.5 Å². The number of nitrogens with zero attached hydrogens (tertiary/aromatic N) is 2. The van der Waals surface area contributed by atoms with E-state index in [1.165, 1.54) is 0 Å². The first-order valence-electron chi connectivity index (χ1n) is 4.42. The molecule has 68 valence electrons. The second kappa shape index (κ2) is 3.40. The summed E-state index contributed by atoms with van der Waals surface area (Å²) < 4.78 is 5.40. The molecule has 0 fully saturated rings. The van der Waals surface area contributed by atoms with Gasteiger partial charge in [0, 0.05) is 12.0 Å². The SMILES string of the molecule is N#Cc1cccc2c1C(C#N)CCO2. The van der Waals surface area contributed by atoms with Gasteiger partial charge in [-0.2, -0.15) is 10.5 Å². The van der Waals surface area contributed by atoms with Crippen molar-refractivity contribution >= 4 is 0 Å². The van der Waals surface area contributed by atoms with Crippen molar-refractivity contribution in [3.05, 3.63) is 29.3 Å². The van der Waals surface area contributed by atoms with E-state index in [2.05, 4.69) is 12.1 Å². The molecule has 0 aliphatic carbocycles. The van der Waals surface area contributed by atoms with Crippen LogP contribution in [0.3, 0.4) is 0 Å². The van der Waals surface area contributed by atoms with Crippen molar-refractivity contribution in [2.75, 3.05) is 6.61 Å². The molecule has 0 aromatic heterocycles. The summed E-state index contributed by atoms with van der Waals surface area (Å²) in [4.78, 5) is 0. The van der Waals surface area contributed by atoms with Crippen molar-refractivity contribution in [3.63, 3.8) is 0 Å². The lowest BCUT2D eigenvalue weighted by Crippen LogP contribution is -2.14. The number of ether oxygens (including phenoxy) is 1. The van der Waals surface area contributed by atoms with Crippen molar-refractivity contribution in [2.24, 2.45) is 0 Å². The molecule has 2 rings (SSSR count). The molecule has 1 aromatic carbocycles. The Hall–Kier alpha value is -2.00. The van der Waals surface area contributed by atoms with Crippen LogP contribution in [-0.2, 0) is 0 Å². The molecule has 0 saturated heterocycles. The van der Waals surface area contributed by atoms with Crippen LogP contribution in [0.25, 0.3) is 0 Å². The molecule has 3 nitrogen and oxygen atoms in total. The van der Waals surface area contributed by atoms with Crippen molar-refractivity contribution in [3.8, 4) is 17.9 Å². The molecule has 1 aromatic rings. The Balaban J connectivity index is 2.60. The summed E-state index contributed by atoms with van der Waals surface area (Å²) in [6.45, 7) is 0.556.